The van der Waals surface area contributed by atoms with Crippen LogP contribution in [0.1, 0.15) is 10.4 Å². The first-order valence-electron chi connectivity index (χ1n) is 4.40. The summed E-state index contributed by atoms with van der Waals surface area (Å²) in [4.78, 5) is 22.4. The van der Waals surface area contributed by atoms with Crippen molar-refractivity contribution in [3.05, 3.63) is 34.2 Å². The molecule has 0 radical (unpaired) electrons. The van der Waals surface area contributed by atoms with Crippen molar-refractivity contribution in [1.29, 1.82) is 0 Å². The Labute approximate surface area is 89.7 Å². The van der Waals surface area contributed by atoms with Crippen LogP contribution in [0.15, 0.2) is 23.1 Å². The monoisotopic (exact) mass is 220 g/mol. The summed E-state index contributed by atoms with van der Waals surface area (Å²) in [6, 6.07) is 3.21. The largest absolute Gasteiger partial charge is 0.481 e. The average Bonchev–Trinajstić information content (AvgIpc) is 2.66. The molecule has 16 heavy (non-hydrogen) atoms. The van der Waals surface area contributed by atoms with Gasteiger partial charge in [-0.05, 0) is 12.1 Å². The minimum absolute atomic E-state index is 0.0758. The SMILES string of the molecule is COc1[nH]n(-c2cccnn2)c(=O)c1C=O. The van der Waals surface area contributed by atoms with E-state index in [1.54, 1.807) is 12.1 Å². The molecule has 0 atom stereocenters. The van der Waals surface area contributed by atoms with E-state index < -0.39 is 5.56 Å². The molecule has 2 aromatic heterocycles. The van der Waals surface area contributed by atoms with E-state index in [1.807, 2.05) is 0 Å². The number of hydrogen-bond donors (Lipinski definition) is 1. The maximum Gasteiger partial charge on any atom is 0.287 e. The molecule has 82 valence electrons. The van der Waals surface area contributed by atoms with Gasteiger partial charge in [0.15, 0.2) is 12.1 Å². The number of nitrogens with one attached hydrogen (secondary N) is 1. The molecule has 2 heterocycles. The number of aromatic nitrogens is 4. The van der Waals surface area contributed by atoms with Crippen LogP contribution in [0.3, 0.4) is 0 Å². The predicted molar refractivity (Wildman–Crippen MR) is 53.9 cm³/mol. The smallest absolute Gasteiger partial charge is 0.287 e. The highest BCUT2D eigenvalue weighted by molar-refractivity contribution is 5.77. The molecule has 2 aromatic rings. The third-order valence-corrected chi connectivity index (χ3v) is 2.00. The van der Waals surface area contributed by atoms with Gasteiger partial charge in [0.25, 0.3) is 5.56 Å². The standard InChI is InChI=1S/C9H8N4O3/c1-16-8-6(5-14)9(15)13(12-8)7-3-2-4-10-11-7/h2-5,12H,1H3. The number of carbonyl (C=O) groups excluding carboxylic acids is 1. The number of aldehydes is 1. The highest BCUT2D eigenvalue weighted by atomic mass is 16.5. The first kappa shape index (κ1) is 10.1. The van der Waals surface area contributed by atoms with Gasteiger partial charge < -0.3 is 4.74 Å². The van der Waals surface area contributed by atoms with Crippen LogP contribution in [0.2, 0.25) is 0 Å². The zero-order chi connectivity index (χ0) is 11.5. The third kappa shape index (κ3) is 1.48. The molecule has 0 saturated heterocycles. The summed E-state index contributed by atoms with van der Waals surface area (Å²) in [5, 5.41) is 9.99. The van der Waals surface area contributed by atoms with Crippen molar-refractivity contribution in [2.45, 2.75) is 0 Å². The van der Waals surface area contributed by atoms with E-state index in [-0.39, 0.29) is 11.4 Å². The van der Waals surface area contributed by atoms with Gasteiger partial charge in [0.1, 0.15) is 5.56 Å². The zero-order valence-corrected chi connectivity index (χ0v) is 8.38. The van der Waals surface area contributed by atoms with Crippen LogP contribution in [0.4, 0.5) is 0 Å². The van der Waals surface area contributed by atoms with E-state index >= 15 is 0 Å². The second-order valence-electron chi connectivity index (χ2n) is 2.90. The van der Waals surface area contributed by atoms with Crippen LogP contribution >= 0.6 is 0 Å². The van der Waals surface area contributed by atoms with Crippen molar-refractivity contribution in [3.8, 4) is 11.7 Å². The maximum absolute atomic E-state index is 11.7. The van der Waals surface area contributed by atoms with Gasteiger partial charge in [-0.2, -0.15) is 9.78 Å². The molecule has 7 nitrogen and oxygen atoms in total. The molecule has 0 amide bonds. The van der Waals surface area contributed by atoms with E-state index in [4.69, 9.17) is 4.74 Å². The fourth-order valence-electron chi connectivity index (χ4n) is 1.26. The fraction of sp³-hybridized carbons (Fsp3) is 0.111. The number of nitrogens with zero attached hydrogens (tertiary/aromatic N) is 3. The van der Waals surface area contributed by atoms with Gasteiger partial charge >= 0.3 is 0 Å². The van der Waals surface area contributed by atoms with Crippen molar-refractivity contribution < 1.29 is 9.53 Å². The number of carbonyl (C=O) groups is 1. The number of H-pyrrole nitrogens is 1. The number of methoxy groups -OCH3 is 1. The lowest BCUT2D eigenvalue weighted by Crippen LogP contribution is -2.18. The Bertz CT molecular complexity index is 558. The van der Waals surface area contributed by atoms with Crippen molar-refractivity contribution in [2.75, 3.05) is 7.11 Å². The minimum atomic E-state index is -0.521. The van der Waals surface area contributed by atoms with Crippen molar-refractivity contribution in [1.82, 2.24) is 20.0 Å². The summed E-state index contributed by atoms with van der Waals surface area (Å²) in [7, 11) is 1.36. The number of ether oxygens (including phenoxy) is 1. The molecule has 1 N–H and O–H groups in total. The lowest BCUT2D eigenvalue weighted by molar-refractivity contribution is 0.111. The minimum Gasteiger partial charge on any atom is -0.481 e. The van der Waals surface area contributed by atoms with Crippen LogP contribution < -0.4 is 10.3 Å². The van der Waals surface area contributed by atoms with Crippen LogP contribution in [-0.4, -0.2) is 33.4 Å². The Kier molecular flexibility index (Phi) is 2.50. The normalized spacial score (nSPS) is 10.1. The van der Waals surface area contributed by atoms with Gasteiger partial charge in [-0.3, -0.25) is 14.7 Å². The molecule has 0 fully saturated rings. The number of aromatic amines is 1. The average molecular weight is 220 g/mol. The zero-order valence-electron chi connectivity index (χ0n) is 8.38. The van der Waals surface area contributed by atoms with Gasteiger partial charge in [-0.1, -0.05) is 0 Å². The van der Waals surface area contributed by atoms with Crippen LogP contribution in [0, 0.1) is 0 Å². The van der Waals surface area contributed by atoms with Crippen molar-refractivity contribution >= 4 is 6.29 Å². The third-order valence-electron chi connectivity index (χ3n) is 2.00. The van der Waals surface area contributed by atoms with Gasteiger partial charge in [0.2, 0.25) is 5.88 Å². The second-order valence-corrected chi connectivity index (χ2v) is 2.90. The second kappa shape index (κ2) is 3.97. The molecular formula is C9H8N4O3. The fourth-order valence-corrected chi connectivity index (χ4v) is 1.26. The first-order valence-corrected chi connectivity index (χ1v) is 4.40. The van der Waals surface area contributed by atoms with Crippen molar-refractivity contribution in [2.24, 2.45) is 0 Å². The number of hydrogen-bond acceptors (Lipinski definition) is 5. The van der Waals surface area contributed by atoms with Crippen LogP contribution in [0.5, 0.6) is 5.88 Å². The summed E-state index contributed by atoms with van der Waals surface area (Å²) in [5.41, 5.74) is -0.597. The van der Waals surface area contributed by atoms with Crippen LogP contribution in [0.25, 0.3) is 5.82 Å². The summed E-state index contributed by atoms with van der Waals surface area (Å²) >= 11 is 0. The molecule has 7 heteroatoms. The molecule has 0 aliphatic heterocycles. The Morgan fingerprint density at radius 1 is 1.56 bits per heavy atom. The summed E-state index contributed by atoms with van der Waals surface area (Å²) < 4.78 is 5.96. The summed E-state index contributed by atoms with van der Waals surface area (Å²) in [5.74, 6) is 0.393. The molecule has 0 aromatic carbocycles. The lowest BCUT2D eigenvalue weighted by Gasteiger charge is -1.97. The Morgan fingerprint density at radius 3 is 2.88 bits per heavy atom. The highest BCUT2D eigenvalue weighted by Crippen LogP contribution is 2.09. The molecule has 0 aliphatic rings. The quantitative estimate of drug-likeness (QED) is 0.722. The highest BCUT2D eigenvalue weighted by Gasteiger charge is 2.15. The van der Waals surface area contributed by atoms with E-state index in [1.165, 1.54) is 13.3 Å². The first-order chi connectivity index (χ1) is 7.77. The van der Waals surface area contributed by atoms with E-state index in [2.05, 4.69) is 15.3 Å². The number of rotatable bonds is 3. The summed E-state index contributed by atoms with van der Waals surface area (Å²) in [6.07, 6.45) is 1.92. The van der Waals surface area contributed by atoms with E-state index in [0.29, 0.717) is 12.1 Å². The van der Waals surface area contributed by atoms with Gasteiger partial charge in [-0.25, -0.2) is 0 Å². The summed E-state index contributed by atoms with van der Waals surface area (Å²) in [6.45, 7) is 0. The molecular weight excluding hydrogens is 212 g/mol. The Hall–Kier alpha value is -2.44. The molecule has 2 rings (SSSR count). The lowest BCUT2D eigenvalue weighted by atomic mass is 10.4. The maximum atomic E-state index is 11.7. The van der Waals surface area contributed by atoms with Gasteiger partial charge in [0, 0.05) is 6.20 Å². The topological polar surface area (TPSA) is 89.9 Å². The Balaban J connectivity index is 2.64. The molecule has 0 aliphatic carbocycles. The van der Waals surface area contributed by atoms with Crippen LogP contribution in [-0.2, 0) is 0 Å². The molecule has 0 saturated carbocycles. The Morgan fingerprint density at radius 2 is 2.38 bits per heavy atom. The van der Waals surface area contributed by atoms with Gasteiger partial charge in [-0.15, -0.1) is 5.10 Å². The molecule has 0 spiro atoms. The van der Waals surface area contributed by atoms with E-state index in [9.17, 15) is 9.59 Å². The molecule has 0 bridgehead atoms. The van der Waals surface area contributed by atoms with Gasteiger partial charge in [0.05, 0.1) is 7.11 Å². The predicted octanol–water partition coefficient (Wildman–Crippen LogP) is -0.223. The van der Waals surface area contributed by atoms with E-state index in [0.717, 1.165) is 4.68 Å². The molecule has 0 unspecified atom stereocenters. The van der Waals surface area contributed by atoms with Crippen molar-refractivity contribution in [3.63, 3.8) is 0 Å².